The first-order chi connectivity index (χ1) is 12.7. The molecule has 0 radical (unpaired) electrons. The maximum absolute atomic E-state index is 5.90. The Hall–Kier alpha value is -3.05. The van der Waals surface area contributed by atoms with Crippen LogP contribution in [0.5, 0.6) is 5.75 Å². The van der Waals surface area contributed by atoms with Crippen molar-refractivity contribution in [3.8, 4) is 5.75 Å². The van der Waals surface area contributed by atoms with E-state index < -0.39 is 0 Å². The van der Waals surface area contributed by atoms with Crippen LogP contribution >= 0.6 is 12.2 Å². The molecule has 132 valence electrons. The summed E-state index contributed by atoms with van der Waals surface area (Å²) in [5.41, 5.74) is 9.62. The highest BCUT2D eigenvalue weighted by Gasteiger charge is 2.02. The first-order valence-corrected chi connectivity index (χ1v) is 8.76. The van der Waals surface area contributed by atoms with Gasteiger partial charge in [0, 0.05) is 6.54 Å². The zero-order chi connectivity index (χ0) is 18.2. The quantitative estimate of drug-likeness (QED) is 0.449. The second-order valence-electron chi connectivity index (χ2n) is 5.81. The Bertz CT molecular complexity index is 851. The van der Waals surface area contributed by atoms with Crippen molar-refractivity contribution >= 4 is 28.7 Å². The minimum absolute atomic E-state index is 0.535. The minimum Gasteiger partial charge on any atom is -0.489 e. The average Bonchev–Trinajstić information content (AvgIpc) is 2.68. The van der Waals surface area contributed by atoms with E-state index in [1.807, 2.05) is 78.9 Å². The van der Waals surface area contributed by atoms with Crippen LogP contribution in [0.1, 0.15) is 11.1 Å². The monoisotopic (exact) mass is 363 g/mol. The molecule has 0 aliphatic carbocycles. The van der Waals surface area contributed by atoms with E-state index in [0.29, 0.717) is 24.0 Å². The van der Waals surface area contributed by atoms with Crippen molar-refractivity contribution in [2.24, 2.45) is 0 Å². The largest absolute Gasteiger partial charge is 0.489 e. The number of rotatable bonds is 6. The Balaban J connectivity index is 1.46. The Labute approximate surface area is 159 Å². The molecule has 0 atom stereocenters. The number of anilines is 2. The van der Waals surface area contributed by atoms with Gasteiger partial charge in [0.05, 0.1) is 11.4 Å². The number of nitrogens with two attached hydrogens (primary N) is 1. The molecule has 3 aromatic rings. The smallest absolute Gasteiger partial charge is 0.171 e. The van der Waals surface area contributed by atoms with E-state index in [2.05, 4.69) is 10.6 Å². The van der Waals surface area contributed by atoms with Gasteiger partial charge in [0.15, 0.2) is 5.11 Å². The van der Waals surface area contributed by atoms with E-state index in [9.17, 15) is 0 Å². The molecule has 0 heterocycles. The number of para-hydroxylation sites is 2. The fourth-order valence-electron chi connectivity index (χ4n) is 2.40. The highest BCUT2D eigenvalue weighted by atomic mass is 32.1. The van der Waals surface area contributed by atoms with Crippen LogP contribution in [0, 0.1) is 0 Å². The van der Waals surface area contributed by atoms with Crippen LogP contribution in [0.2, 0.25) is 0 Å². The molecule has 0 saturated heterocycles. The molecule has 0 aliphatic rings. The van der Waals surface area contributed by atoms with E-state index in [1.165, 1.54) is 0 Å². The summed E-state index contributed by atoms with van der Waals surface area (Å²) >= 11 is 5.31. The molecule has 5 heteroatoms. The molecule has 0 unspecified atom stereocenters. The van der Waals surface area contributed by atoms with Gasteiger partial charge in [-0.3, -0.25) is 0 Å². The maximum Gasteiger partial charge on any atom is 0.171 e. The van der Waals surface area contributed by atoms with Gasteiger partial charge >= 0.3 is 0 Å². The van der Waals surface area contributed by atoms with Crippen molar-refractivity contribution in [2.75, 3.05) is 11.1 Å². The molecule has 0 amide bonds. The van der Waals surface area contributed by atoms with Gasteiger partial charge in [0.1, 0.15) is 12.4 Å². The van der Waals surface area contributed by atoms with Crippen LogP contribution in [0.3, 0.4) is 0 Å². The van der Waals surface area contributed by atoms with Crippen LogP contribution < -0.4 is 21.1 Å². The molecule has 0 fully saturated rings. The van der Waals surface area contributed by atoms with Crippen molar-refractivity contribution in [1.29, 1.82) is 0 Å². The molecule has 0 aliphatic heterocycles. The van der Waals surface area contributed by atoms with Gasteiger partial charge in [-0.2, -0.15) is 0 Å². The zero-order valence-corrected chi connectivity index (χ0v) is 15.1. The number of nitrogens with one attached hydrogen (secondary N) is 2. The molecule has 26 heavy (non-hydrogen) atoms. The molecule has 0 saturated carbocycles. The number of thiocarbonyl (C=S) groups is 1. The van der Waals surface area contributed by atoms with Crippen molar-refractivity contribution in [3.05, 3.63) is 90.0 Å². The van der Waals surface area contributed by atoms with E-state index in [4.69, 9.17) is 22.7 Å². The third-order valence-corrected chi connectivity index (χ3v) is 4.08. The number of hydrogen-bond acceptors (Lipinski definition) is 3. The molecule has 3 aromatic carbocycles. The summed E-state index contributed by atoms with van der Waals surface area (Å²) in [5.74, 6) is 0.843. The lowest BCUT2D eigenvalue weighted by Gasteiger charge is -2.12. The molecule has 4 nitrogen and oxygen atoms in total. The lowest BCUT2D eigenvalue weighted by atomic mass is 10.2. The lowest BCUT2D eigenvalue weighted by Crippen LogP contribution is -2.28. The Kier molecular flexibility index (Phi) is 6.06. The summed E-state index contributed by atoms with van der Waals surface area (Å²) < 4.78 is 5.79. The van der Waals surface area contributed by atoms with Gasteiger partial charge < -0.3 is 21.1 Å². The van der Waals surface area contributed by atoms with E-state index >= 15 is 0 Å². The van der Waals surface area contributed by atoms with Crippen LogP contribution in [0.25, 0.3) is 0 Å². The van der Waals surface area contributed by atoms with Crippen LogP contribution in [-0.4, -0.2) is 5.11 Å². The van der Waals surface area contributed by atoms with Crippen LogP contribution in [0.4, 0.5) is 11.4 Å². The molecular weight excluding hydrogens is 342 g/mol. The summed E-state index contributed by atoms with van der Waals surface area (Å²) in [4.78, 5) is 0. The topological polar surface area (TPSA) is 59.3 Å². The second-order valence-corrected chi connectivity index (χ2v) is 6.22. The molecule has 0 bridgehead atoms. The number of hydrogen-bond donors (Lipinski definition) is 3. The van der Waals surface area contributed by atoms with Gasteiger partial charge in [0.25, 0.3) is 0 Å². The van der Waals surface area contributed by atoms with Gasteiger partial charge in [-0.25, -0.2) is 0 Å². The molecule has 0 aromatic heterocycles. The van der Waals surface area contributed by atoms with Gasteiger partial charge in [0.2, 0.25) is 0 Å². The third-order valence-electron chi connectivity index (χ3n) is 3.83. The normalized spacial score (nSPS) is 10.2. The Morgan fingerprint density at radius 2 is 1.54 bits per heavy atom. The first-order valence-electron chi connectivity index (χ1n) is 8.36. The van der Waals surface area contributed by atoms with Gasteiger partial charge in [-0.15, -0.1) is 0 Å². The summed E-state index contributed by atoms with van der Waals surface area (Å²) in [5, 5.41) is 6.81. The van der Waals surface area contributed by atoms with Crippen molar-refractivity contribution in [1.82, 2.24) is 5.32 Å². The van der Waals surface area contributed by atoms with Gasteiger partial charge in [-0.1, -0.05) is 54.6 Å². The molecule has 0 spiro atoms. The molecular formula is C21H21N3OS. The van der Waals surface area contributed by atoms with Crippen molar-refractivity contribution in [3.63, 3.8) is 0 Å². The van der Waals surface area contributed by atoms with Crippen molar-refractivity contribution < 1.29 is 4.74 Å². The van der Waals surface area contributed by atoms with Crippen LogP contribution in [0.15, 0.2) is 78.9 Å². The fraction of sp³-hybridized carbons (Fsp3) is 0.0952. The predicted octanol–water partition coefficient (Wildman–Crippen LogP) is 4.33. The Morgan fingerprint density at radius 1 is 0.846 bits per heavy atom. The summed E-state index contributed by atoms with van der Waals surface area (Å²) in [7, 11) is 0. The number of benzene rings is 3. The van der Waals surface area contributed by atoms with E-state index in [0.717, 1.165) is 22.6 Å². The SMILES string of the molecule is Nc1ccccc1NC(=S)NCc1ccc(OCc2ccccc2)cc1. The summed E-state index contributed by atoms with van der Waals surface area (Å²) in [6, 6.07) is 25.6. The summed E-state index contributed by atoms with van der Waals surface area (Å²) in [6.45, 7) is 1.18. The zero-order valence-electron chi connectivity index (χ0n) is 14.3. The van der Waals surface area contributed by atoms with E-state index in [1.54, 1.807) is 0 Å². The fourth-order valence-corrected chi connectivity index (χ4v) is 2.59. The molecule has 3 rings (SSSR count). The maximum atomic E-state index is 5.90. The average molecular weight is 363 g/mol. The Morgan fingerprint density at radius 3 is 2.27 bits per heavy atom. The third kappa shape index (κ3) is 5.22. The van der Waals surface area contributed by atoms with Crippen LogP contribution in [-0.2, 0) is 13.2 Å². The minimum atomic E-state index is 0.535. The standard InChI is InChI=1S/C21H21N3OS/c22-19-8-4-5-9-20(19)24-21(26)23-14-16-10-12-18(13-11-16)25-15-17-6-2-1-3-7-17/h1-13H,14-15,22H2,(H2,23,24,26). The second kappa shape index (κ2) is 8.87. The first kappa shape index (κ1) is 17.8. The van der Waals surface area contributed by atoms with E-state index in [-0.39, 0.29) is 0 Å². The highest BCUT2D eigenvalue weighted by Crippen LogP contribution is 2.17. The number of ether oxygens (including phenoxy) is 1. The highest BCUT2D eigenvalue weighted by molar-refractivity contribution is 7.80. The van der Waals surface area contributed by atoms with Crippen molar-refractivity contribution in [2.45, 2.75) is 13.2 Å². The predicted molar refractivity (Wildman–Crippen MR) is 111 cm³/mol. The lowest BCUT2D eigenvalue weighted by molar-refractivity contribution is 0.306. The van der Waals surface area contributed by atoms with Gasteiger partial charge in [-0.05, 0) is 47.6 Å². The summed E-state index contributed by atoms with van der Waals surface area (Å²) in [6.07, 6.45) is 0. The molecule has 4 N–H and O–H groups in total. The number of nitrogen functional groups attached to an aromatic ring is 1.